The molecule has 0 radical (unpaired) electrons. The highest BCUT2D eigenvalue weighted by atomic mass is 35.5. The number of nitrogens with two attached hydrogens (primary N) is 1. The molecule has 1 heterocycles. The molecule has 1 aromatic rings. The average molecular weight is 310 g/mol. The second-order valence-corrected chi connectivity index (χ2v) is 6.46. The molecule has 0 aromatic heterocycles. The van der Waals surface area contributed by atoms with Crippen molar-refractivity contribution in [1.82, 2.24) is 5.32 Å². The van der Waals surface area contributed by atoms with Crippen LogP contribution in [0.25, 0.3) is 0 Å². The largest absolute Gasteiger partial charge is 0.370 e. The van der Waals surface area contributed by atoms with Crippen LogP contribution in [0, 0.1) is 5.41 Å². The van der Waals surface area contributed by atoms with Crippen molar-refractivity contribution in [3.05, 3.63) is 28.8 Å². The Bertz CT molecular complexity index is 520. The average Bonchev–Trinajstić information content (AvgIpc) is 2.85. The molecule has 116 valence electrons. The van der Waals surface area contributed by atoms with E-state index in [1.54, 1.807) is 0 Å². The fourth-order valence-electron chi connectivity index (χ4n) is 2.66. The maximum atomic E-state index is 11.5. The molecular formula is C16H24ClN3O. The van der Waals surface area contributed by atoms with Crippen LogP contribution in [0.5, 0.6) is 0 Å². The molecule has 1 amide bonds. The molecule has 1 unspecified atom stereocenters. The van der Waals surface area contributed by atoms with Crippen LogP contribution in [0.4, 0.5) is 5.69 Å². The highest BCUT2D eigenvalue weighted by Gasteiger charge is 2.38. The zero-order chi connectivity index (χ0) is 15.5. The lowest BCUT2D eigenvalue weighted by atomic mass is 9.89. The van der Waals surface area contributed by atoms with Gasteiger partial charge in [0, 0.05) is 30.3 Å². The Morgan fingerprint density at radius 2 is 2.29 bits per heavy atom. The fraction of sp³-hybridized carbons (Fsp3) is 0.562. The molecule has 1 fully saturated rings. The van der Waals surface area contributed by atoms with E-state index >= 15 is 0 Å². The molecule has 21 heavy (non-hydrogen) atoms. The molecule has 1 atom stereocenters. The van der Waals surface area contributed by atoms with Gasteiger partial charge in [-0.25, -0.2) is 0 Å². The van der Waals surface area contributed by atoms with E-state index in [2.05, 4.69) is 29.3 Å². The molecule has 0 saturated carbocycles. The first-order valence-corrected chi connectivity index (χ1v) is 7.88. The molecule has 0 aliphatic carbocycles. The predicted octanol–water partition coefficient (Wildman–Crippen LogP) is 2.54. The first-order chi connectivity index (χ1) is 9.96. The monoisotopic (exact) mass is 309 g/mol. The van der Waals surface area contributed by atoms with E-state index in [0.29, 0.717) is 6.54 Å². The number of amides is 1. The Morgan fingerprint density at radius 3 is 2.86 bits per heavy atom. The van der Waals surface area contributed by atoms with E-state index in [4.69, 9.17) is 17.3 Å². The summed E-state index contributed by atoms with van der Waals surface area (Å²) in [5, 5.41) is 4.12. The van der Waals surface area contributed by atoms with E-state index in [-0.39, 0.29) is 5.91 Å². The summed E-state index contributed by atoms with van der Waals surface area (Å²) < 4.78 is 0. The summed E-state index contributed by atoms with van der Waals surface area (Å²) in [4.78, 5) is 13.7. The summed E-state index contributed by atoms with van der Waals surface area (Å²) in [6, 6.07) is 6.11. The molecule has 1 aromatic carbocycles. The number of rotatable bonds is 6. The molecule has 5 heteroatoms. The fourth-order valence-corrected chi connectivity index (χ4v) is 2.90. The van der Waals surface area contributed by atoms with Crippen LogP contribution in [-0.2, 0) is 11.3 Å². The predicted molar refractivity (Wildman–Crippen MR) is 87.6 cm³/mol. The highest BCUT2D eigenvalue weighted by Crippen LogP contribution is 2.34. The van der Waals surface area contributed by atoms with Crippen LogP contribution in [-0.4, -0.2) is 25.5 Å². The van der Waals surface area contributed by atoms with E-state index < -0.39 is 5.41 Å². The number of hydrogen-bond acceptors (Lipinski definition) is 3. The van der Waals surface area contributed by atoms with Gasteiger partial charge in [0.1, 0.15) is 0 Å². The molecule has 1 aliphatic rings. The Balaban J connectivity index is 2.05. The summed E-state index contributed by atoms with van der Waals surface area (Å²) in [6.45, 7) is 7.34. The number of hydrogen-bond donors (Lipinski definition) is 2. The first kappa shape index (κ1) is 16.1. The van der Waals surface area contributed by atoms with Gasteiger partial charge in [-0.2, -0.15) is 0 Å². The number of nitrogens with zero attached hydrogens (tertiary/aromatic N) is 1. The number of carbonyl (C=O) groups excluding carboxylic acids is 1. The van der Waals surface area contributed by atoms with Crippen molar-refractivity contribution in [3.8, 4) is 0 Å². The Morgan fingerprint density at radius 1 is 1.52 bits per heavy atom. The van der Waals surface area contributed by atoms with E-state index in [9.17, 15) is 4.79 Å². The molecule has 0 spiro atoms. The summed E-state index contributed by atoms with van der Waals surface area (Å²) in [5.41, 5.74) is 7.22. The van der Waals surface area contributed by atoms with Crippen LogP contribution in [0.3, 0.4) is 0 Å². The van der Waals surface area contributed by atoms with Crippen LogP contribution in [0.15, 0.2) is 18.2 Å². The number of halogens is 1. The summed E-state index contributed by atoms with van der Waals surface area (Å²) in [7, 11) is 0. The van der Waals surface area contributed by atoms with Crippen molar-refractivity contribution in [2.45, 2.75) is 33.2 Å². The number of anilines is 1. The Labute approximate surface area is 131 Å². The van der Waals surface area contributed by atoms with Crippen LogP contribution < -0.4 is 16.0 Å². The van der Waals surface area contributed by atoms with Gasteiger partial charge in [-0.1, -0.05) is 24.6 Å². The Hall–Kier alpha value is -1.26. The summed E-state index contributed by atoms with van der Waals surface area (Å²) >= 11 is 6.36. The van der Waals surface area contributed by atoms with E-state index in [0.717, 1.165) is 48.7 Å². The van der Waals surface area contributed by atoms with Gasteiger partial charge < -0.3 is 16.0 Å². The molecule has 4 nitrogen and oxygen atoms in total. The number of nitrogens with one attached hydrogen (secondary N) is 1. The third-order valence-corrected chi connectivity index (χ3v) is 4.56. The van der Waals surface area contributed by atoms with Crippen molar-refractivity contribution in [2.24, 2.45) is 11.1 Å². The SMILES string of the molecule is CCCNCc1ccc(N2CCC(C)(C(N)=O)C2)cc1Cl. The second kappa shape index (κ2) is 6.67. The number of primary amides is 1. The minimum Gasteiger partial charge on any atom is -0.370 e. The minimum absolute atomic E-state index is 0.225. The van der Waals surface area contributed by atoms with Gasteiger partial charge in [0.2, 0.25) is 5.91 Å². The number of benzene rings is 1. The lowest BCUT2D eigenvalue weighted by Crippen LogP contribution is -2.37. The normalized spacial score (nSPS) is 21.8. The molecule has 1 aliphatic heterocycles. The summed E-state index contributed by atoms with van der Waals surface area (Å²) in [6.07, 6.45) is 1.90. The van der Waals surface area contributed by atoms with E-state index in [1.165, 1.54) is 0 Å². The van der Waals surface area contributed by atoms with Gasteiger partial charge in [-0.3, -0.25) is 4.79 Å². The van der Waals surface area contributed by atoms with Crippen LogP contribution in [0.1, 0.15) is 32.3 Å². The zero-order valence-corrected chi connectivity index (χ0v) is 13.5. The standard InChI is InChI=1S/C16H24ClN3O/c1-3-7-19-10-12-4-5-13(9-14(12)17)20-8-6-16(2,11-20)15(18)21/h4-5,9,19H,3,6-8,10-11H2,1-2H3,(H2,18,21). The van der Waals surface area contributed by atoms with Gasteiger partial charge in [0.05, 0.1) is 5.41 Å². The lowest BCUT2D eigenvalue weighted by molar-refractivity contribution is -0.125. The quantitative estimate of drug-likeness (QED) is 0.794. The van der Waals surface area contributed by atoms with Crippen molar-refractivity contribution >= 4 is 23.2 Å². The molecule has 0 bridgehead atoms. The molecule has 2 rings (SSSR count). The van der Waals surface area contributed by atoms with Crippen molar-refractivity contribution in [2.75, 3.05) is 24.5 Å². The van der Waals surface area contributed by atoms with Gasteiger partial charge in [-0.15, -0.1) is 0 Å². The molecule has 1 saturated heterocycles. The van der Waals surface area contributed by atoms with Gasteiger partial charge >= 0.3 is 0 Å². The van der Waals surface area contributed by atoms with Crippen molar-refractivity contribution in [3.63, 3.8) is 0 Å². The summed E-state index contributed by atoms with van der Waals surface area (Å²) in [5.74, 6) is -0.225. The van der Waals surface area contributed by atoms with Crippen molar-refractivity contribution in [1.29, 1.82) is 0 Å². The van der Waals surface area contributed by atoms with Crippen LogP contribution >= 0.6 is 11.6 Å². The lowest BCUT2D eigenvalue weighted by Gasteiger charge is -2.23. The smallest absolute Gasteiger partial charge is 0.225 e. The maximum absolute atomic E-state index is 11.5. The topological polar surface area (TPSA) is 58.4 Å². The van der Waals surface area contributed by atoms with Crippen LogP contribution in [0.2, 0.25) is 5.02 Å². The third kappa shape index (κ3) is 3.69. The minimum atomic E-state index is -0.437. The highest BCUT2D eigenvalue weighted by molar-refractivity contribution is 6.31. The zero-order valence-electron chi connectivity index (χ0n) is 12.8. The van der Waals surface area contributed by atoms with Crippen molar-refractivity contribution < 1.29 is 4.79 Å². The Kier molecular flexibility index (Phi) is 5.12. The van der Waals surface area contributed by atoms with E-state index in [1.807, 2.05) is 13.0 Å². The molecule has 3 N–H and O–H groups in total. The second-order valence-electron chi connectivity index (χ2n) is 6.05. The molecular weight excluding hydrogens is 286 g/mol. The van der Waals surface area contributed by atoms with Gasteiger partial charge in [0.15, 0.2) is 0 Å². The number of carbonyl (C=O) groups is 1. The maximum Gasteiger partial charge on any atom is 0.225 e. The first-order valence-electron chi connectivity index (χ1n) is 7.50. The van der Waals surface area contributed by atoms with Gasteiger partial charge in [-0.05, 0) is 44.0 Å². The van der Waals surface area contributed by atoms with Gasteiger partial charge in [0.25, 0.3) is 0 Å². The third-order valence-electron chi connectivity index (χ3n) is 4.21.